The lowest BCUT2D eigenvalue weighted by Gasteiger charge is -1.92. The van der Waals surface area contributed by atoms with Crippen molar-refractivity contribution in [1.82, 2.24) is 4.98 Å². The maximum absolute atomic E-state index is 11.3. The monoisotopic (exact) mass is 227 g/mol. The molecule has 0 spiro atoms. The zero-order chi connectivity index (χ0) is 11.5. The number of carbonyl (C=O) groups excluding carboxylic acids is 1. The number of rotatable bonds is 2. The molecule has 2 aromatic rings. The summed E-state index contributed by atoms with van der Waals surface area (Å²) in [6, 6.07) is 9.69. The van der Waals surface area contributed by atoms with Crippen LogP contribution < -0.4 is 0 Å². The van der Waals surface area contributed by atoms with Crippen LogP contribution in [-0.4, -0.2) is 10.8 Å². The predicted octanol–water partition coefficient (Wildman–Crippen LogP) is 2.99. The molecule has 0 saturated carbocycles. The summed E-state index contributed by atoms with van der Waals surface area (Å²) >= 11 is 1.34. The van der Waals surface area contributed by atoms with Crippen molar-refractivity contribution in [3.05, 3.63) is 40.9 Å². The van der Waals surface area contributed by atoms with Gasteiger partial charge in [-0.15, -0.1) is 17.8 Å². The van der Waals surface area contributed by atoms with Gasteiger partial charge in [-0.25, -0.2) is 4.98 Å². The fraction of sp³-hybridized carbons (Fsp3) is 0.0769. The van der Waals surface area contributed by atoms with Crippen LogP contribution in [0.25, 0.3) is 10.6 Å². The van der Waals surface area contributed by atoms with E-state index in [2.05, 4.69) is 10.9 Å². The molecule has 2 rings (SSSR count). The first-order valence-corrected chi connectivity index (χ1v) is 5.58. The molecule has 0 radical (unpaired) electrons. The summed E-state index contributed by atoms with van der Waals surface area (Å²) in [7, 11) is 0. The molecule has 3 heteroatoms. The zero-order valence-corrected chi connectivity index (χ0v) is 9.54. The number of Topliss-reactive ketones (excluding diaryl/α,β-unsaturated/α-hetero) is 1. The van der Waals surface area contributed by atoms with Crippen LogP contribution in [0.1, 0.15) is 22.3 Å². The number of benzene rings is 1. The van der Waals surface area contributed by atoms with Crippen LogP contribution in [0.2, 0.25) is 0 Å². The van der Waals surface area contributed by atoms with E-state index >= 15 is 0 Å². The fourth-order valence-electron chi connectivity index (χ4n) is 1.36. The van der Waals surface area contributed by atoms with Gasteiger partial charge in [0.15, 0.2) is 5.78 Å². The summed E-state index contributed by atoms with van der Waals surface area (Å²) in [5.74, 6) is 2.41. The van der Waals surface area contributed by atoms with E-state index in [0.29, 0.717) is 10.6 Å². The fourth-order valence-corrected chi connectivity index (χ4v) is 2.29. The van der Waals surface area contributed by atoms with Crippen molar-refractivity contribution in [2.45, 2.75) is 6.92 Å². The Morgan fingerprint density at radius 2 is 2.06 bits per heavy atom. The summed E-state index contributed by atoms with van der Waals surface area (Å²) in [4.78, 5) is 16.2. The second kappa shape index (κ2) is 4.30. The average Bonchev–Trinajstić information content (AvgIpc) is 2.74. The van der Waals surface area contributed by atoms with Crippen LogP contribution in [0.5, 0.6) is 0 Å². The lowest BCUT2D eigenvalue weighted by Crippen LogP contribution is -1.90. The van der Waals surface area contributed by atoms with Crippen LogP contribution in [-0.2, 0) is 0 Å². The third-order valence-electron chi connectivity index (χ3n) is 2.10. The maximum atomic E-state index is 11.3. The molecular formula is C13H9NOS. The number of hydrogen-bond acceptors (Lipinski definition) is 3. The van der Waals surface area contributed by atoms with Crippen molar-refractivity contribution >= 4 is 17.1 Å². The molecular weight excluding hydrogens is 218 g/mol. The van der Waals surface area contributed by atoms with E-state index < -0.39 is 0 Å². The van der Waals surface area contributed by atoms with Crippen molar-refractivity contribution in [2.24, 2.45) is 0 Å². The summed E-state index contributed by atoms with van der Waals surface area (Å²) in [5.41, 5.74) is 1.42. The lowest BCUT2D eigenvalue weighted by molar-refractivity contribution is 0.102. The number of aromatic nitrogens is 1. The molecule has 0 aliphatic heterocycles. The molecule has 1 heterocycles. The minimum absolute atomic E-state index is 0.0346. The van der Waals surface area contributed by atoms with Gasteiger partial charge in [-0.3, -0.25) is 4.79 Å². The standard InChI is InChI=1S/C13H9NOS/c1-3-11-12(9(2)15)16-13(14-11)10-7-5-4-6-8-10/h1,4-8H,2H3. The molecule has 16 heavy (non-hydrogen) atoms. The van der Waals surface area contributed by atoms with Crippen molar-refractivity contribution in [3.8, 4) is 22.9 Å². The summed E-state index contributed by atoms with van der Waals surface area (Å²) in [5, 5.41) is 0.791. The van der Waals surface area contributed by atoms with Crippen LogP contribution in [0, 0.1) is 12.3 Å². The van der Waals surface area contributed by atoms with E-state index in [1.54, 1.807) is 0 Å². The molecule has 2 nitrogen and oxygen atoms in total. The highest BCUT2D eigenvalue weighted by Gasteiger charge is 2.13. The summed E-state index contributed by atoms with van der Waals surface area (Å²) in [6.45, 7) is 1.50. The highest BCUT2D eigenvalue weighted by Crippen LogP contribution is 2.27. The second-order valence-electron chi connectivity index (χ2n) is 3.26. The molecule has 0 fully saturated rings. The van der Waals surface area contributed by atoms with Crippen LogP contribution >= 0.6 is 11.3 Å². The molecule has 0 amide bonds. The van der Waals surface area contributed by atoms with E-state index in [4.69, 9.17) is 6.42 Å². The normalized spacial score (nSPS) is 9.75. The van der Waals surface area contributed by atoms with Gasteiger partial charge in [-0.05, 0) is 5.92 Å². The highest BCUT2D eigenvalue weighted by atomic mass is 32.1. The highest BCUT2D eigenvalue weighted by molar-refractivity contribution is 7.17. The topological polar surface area (TPSA) is 30.0 Å². The van der Waals surface area contributed by atoms with Gasteiger partial charge < -0.3 is 0 Å². The van der Waals surface area contributed by atoms with E-state index in [-0.39, 0.29) is 5.78 Å². The third kappa shape index (κ3) is 1.88. The van der Waals surface area contributed by atoms with Crippen molar-refractivity contribution < 1.29 is 4.79 Å². The largest absolute Gasteiger partial charge is 0.293 e. The molecule has 0 unspecified atom stereocenters. The number of nitrogens with zero attached hydrogens (tertiary/aromatic N) is 1. The van der Waals surface area contributed by atoms with Crippen LogP contribution in [0.3, 0.4) is 0 Å². The predicted molar refractivity (Wildman–Crippen MR) is 65.5 cm³/mol. The Morgan fingerprint density at radius 3 is 2.56 bits per heavy atom. The van der Waals surface area contributed by atoms with Crippen molar-refractivity contribution in [3.63, 3.8) is 0 Å². The number of carbonyl (C=O) groups is 1. The molecule has 0 bridgehead atoms. The smallest absolute Gasteiger partial charge is 0.172 e. The Kier molecular flexibility index (Phi) is 2.84. The molecule has 0 aliphatic carbocycles. The van der Waals surface area contributed by atoms with Gasteiger partial charge in [-0.2, -0.15) is 0 Å². The third-order valence-corrected chi connectivity index (χ3v) is 3.31. The Balaban J connectivity index is 2.54. The van der Waals surface area contributed by atoms with Gasteiger partial charge in [0.1, 0.15) is 15.6 Å². The molecule has 0 aliphatic rings. The van der Waals surface area contributed by atoms with Crippen LogP contribution in [0.4, 0.5) is 0 Å². The summed E-state index contributed by atoms with van der Waals surface area (Å²) < 4.78 is 0. The number of hydrogen-bond donors (Lipinski definition) is 0. The minimum atomic E-state index is -0.0346. The van der Waals surface area contributed by atoms with Gasteiger partial charge in [0.25, 0.3) is 0 Å². The van der Waals surface area contributed by atoms with Gasteiger partial charge in [0.05, 0.1) is 0 Å². The van der Waals surface area contributed by atoms with Gasteiger partial charge in [-0.1, -0.05) is 30.3 Å². The van der Waals surface area contributed by atoms with Crippen LogP contribution in [0.15, 0.2) is 30.3 Å². The first-order chi connectivity index (χ1) is 7.72. The SMILES string of the molecule is C#Cc1nc(-c2ccccc2)sc1C(C)=O. The van der Waals surface area contributed by atoms with Gasteiger partial charge >= 0.3 is 0 Å². The Labute approximate surface area is 98.0 Å². The molecule has 0 atom stereocenters. The average molecular weight is 227 g/mol. The second-order valence-corrected chi connectivity index (χ2v) is 4.26. The van der Waals surface area contributed by atoms with Crippen molar-refractivity contribution in [1.29, 1.82) is 0 Å². The van der Waals surface area contributed by atoms with E-state index in [9.17, 15) is 4.79 Å². The zero-order valence-electron chi connectivity index (χ0n) is 8.73. The maximum Gasteiger partial charge on any atom is 0.172 e. The minimum Gasteiger partial charge on any atom is -0.293 e. The Morgan fingerprint density at radius 1 is 1.38 bits per heavy atom. The number of ketones is 1. The van der Waals surface area contributed by atoms with E-state index in [1.165, 1.54) is 18.3 Å². The molecule has 78 valence electrons. The Hall–Kier alpha value is -1.92. The number of thiazole rings is 1. The quantitative estimate of drug-likeness (QED) is 0.583. The Bertz CT molecular complexity index is 563. The van der Waals surface area contributed by atoms with Gasteiger partial charge in [0, 0.05) is 12.5 Å². The van der Waals surface area contributed by atoms with E-state index in [1.807, 2.05) is 30.3 Å². The lowest BCUT2D eigenvalue weighted by atomic mass is 10.2. The first-order valence-electron chi connectivity index (χ1n) is 4.76. The first kappa shape index (κ1) is 10.6. The van der Waals surface area contributed by atoms with Crippen molar-refractivity contribution in [2.75, 3.05) is 0 Å². The van der Waals surface area contributed by atoms with E-state index in [0.717, 1.165) is 10.6 Å². The van der Waals surface area contributed by atoms with Gasteiger partial charge in [0.2, 0.25) is 0 Å². The molecule has 0 saturated heterocycles. The number of terminal acetylenes is 1. The summed E-state index contributed by atoms with van der Waals surface area (Å²) in [6.07, 6.45) is 5.32. The molecule has 1 aromatic carbocycles. The molecule has 1 aromatic heterocycles. The molecule has 0 N–H and O–H groups in total.